The van der Waals surface area contributed by atoms with E-state index >= 15 is 0 Å². The third kappa shape index (κ3) is 5.30. The van der Waals surface area contributed by atoms with Gasteiger partial charge in [0.05, 0.1) is 18.5 Å². The van der Waals surface area contributed by atoms with Gasteiger partial charge < -0.3 is 10.1 Å². The van der Waals surface area contributed by atoms with E-state index in [1.807, 2.05) is 65.0 Å². The summed E-state index contributed by atoms with van der Waals surface area (Å²) in [5.41, 5.74) is 2.78. The fourth-order valence-corrected chi connectivity index (χ4v) is 3.94. The van der Waals surface area contributed by atoms with E-state index in [-0.39, 0.29) is 12.5 Å². The van der Waals surface area contributed by atoms with E-state index in [1.165, 1.54) is 17.5 Å². The molecule has 0 atom stereocenters. The van der Waals surface area contributed by atoms with Crippen molar-refractivity contribution in [2.75, 3.05) is 23.3 Å². The van der Waals surface area contributed by atoms with Gasteiger partial charge in [-0.05, 0) is 71.2 Å². The lowest BCUT2D eigenvalue weighted by Gasteiger charge is -2.24. The first-order valence-corrected chi connectivity index (χ1v) is 10.3. The minimum Gasteiger partial charge on any atom is -0.495 e. The van der Waals surface area contributed by atoms with Gasteiger partial charge in [-0.1, -0.05) is 42.0 Å². The summed E-state index contributed by atoms with van der Waals surface area (Å²) in [6.07, 6.45) is 0. The molecule has 3 aromatic carbocycles. The van der Waals surface area contributed by atoms with Gasteiger partial charge in [-0.15, -0.1) is 0 Å². The molecule has 0 spiro atoms. The molecule has 144 valence electrons. The van der Waals surface area contributed by atoms with Gasteiger partial charge in [0.1, 0.15) is 12.3 Å². The average molecular weight is 457 g/mol. The van der Waals surface area contributed by atoms with Crippen LogP contribution in [0.2, 0.25) is 0 Å². The van der Waals surface area contributed by atoms with Crippen molar-refractivity contribution >= 4 is 45.2 Å². The second-order valence-corrected chi connectivity index (χ2v) is 8.09. The summed E-state index contributed by atoms with van der Waals surface area (Å²) < 4.78 is 8.29. The molecule has 0 aliphatic rings. The highest BCUT2D eigenvalue weighted by Crippen LogP contribution is 2.35. The van der Waals surface area contributed by atoms with Crippen LogP contribution in [-0.2, 0) is 4.79 Å². The van der Waals surface area contributed by atoms with Crippen molar-refractivity contribution in [2.24, 2.45) is 0 Å². The first-order valence-electron chi connectivity index (χ1n) is 8.76. The molecule has 3 aromatic rings. The molecule has 0 heterocycles. The first-order chi connectivity index (χ1) is 13.6. The Kier molecular flexibility index (Phi) is 7.01. The molecule has 0 bridgehead atoms. The molecule has 28 heavy (non-hydrogen) atoms. The minimum atomic E-state index is -0.114. The van der Waals surface area contributed by atoms with E-state index in [9.17, 15) is 4.79 Å². The number of ether oxygens (including phenoxy) is 1. The van der Waals surface area contributed by atoms with Gasteiger partial charge in [0, 0.05) is 9.37 Å². The normalized spacial score (nSPS) is 10.4. The molecule has 1 amide bonds. The van der Waals surface area contributed by atoms with Crippen molar-refractivity contribution in [2.45, 2.75) is 11.8 Å². The quantitative estimate of drug-likeness (QED) is 0.448. The van der Waals surface area contributed by atoms with E-state index in [0.29, 0.717) is 0 Å². The lowest BCUT2D eigenvalue weighted by Crippen LogP contribution is -2.28. The average Bonchev–Trinajstić information content (AvgIpc) is 2.71. The van der Waals surface area contributed by atoms with Gasteiger partial charge in [-0.25, -0.2) is 0 Å². The molecule has 4 nitrogen and oxygen atoms in total. The summed E-state index contributed by atoms with van der Waals surface area (Å²) in [6, 6.07) is 23.5. The molecule has 6 heteroatoms. The van der Waals surface area contributed by atoms with Crippen LogP contribution in [0.4, 0.5) is 11.4 Å². The number of anilines is 2. The fraction of sp³-hybridized carbons (Fsp3) is 0.136. The number of nitrogens with zero attached hydrogens (tertiary/aromatic N) is 1. The zero-order chi connectivity index (χ0) is 19.9. The number of aryl methyl sites for hydroxylation is 1. The van der Waals surface area contributed by atoms with Crippen LogP contribution in [-0.4, -0.2) is 19.6 Å². The zero-order valence-electron chi connectivity index (χ0n) is 15.7. The number of carbonyl (C=O) groups excluding carboxylic acids is 1. The van der Waals surface area contributed by atoms with Crippen molar-refractivity contribution in [3.05, 3.63) is 82.8 Å². The highest BCUT2D eigenvalue weighted by molar-refractivity contribution is 9.10. The lowest BCUT2D eigenvalue weighted by atomic mass is 10.2. The Balaban J connectivity index is 1.84. The number of amides is 1. The van der Waals surface area contributed by atoms with Crippen LogP contribution >= 0.6 is 27.9 Å². The molecule has 0 aliphatic carbocycles. The van der Waals surface area contributed by atoms with Crippen molar-refractivity contribution in [1.29, 1.82) is 0 Å². The molecule has 0 saturated heterocycles. The number of rotatable bonds is 7. The molecular formula is C22H21BrN2O2S. The number of benzene rings is 3. The van der Waals surface area contributed by atoms with E-state index in [4.69, 9.17) is 4.74 Å². The number of carbonyl (C=O) groups is 1. The van der Waals surface area contributed by atoms with Crippen LogP contribution in [0.25, 0.3) is 0 Å². The second kappa shape index (κ2) is 9.66. The Bertz CT molecular complexity index is 947. The number of methoxy groups -OCH3 is 1. The summed E-state index contributed by atoms with van der Waals surface area (Å²) in [4.78, 5) is 13.8. The molecule has 0 radical (unpaired) electrons. The molecule has 0 unspecified atom stereocenters. The lowest BCUT2D eigenvalue weighted by molar-refractivity contribution is -0.114. The van der Waals surface area contributed by atoms with Gasteiger partial charge in [-0.2, -0.15) is 0 Å². The van der Waals surface area contributed by atoms with Crippen LogP contribution in [0.15, 0.2) is 82.2 Å². The van der Waals surface area contributed by atoms with Crippen LogP contribution in [0.1, 0.15) is 5.56 Å². The standard InChI is InChI=1S/C22H21BrN2O2S/c1-16-11-13-17(14-12-16)28-25(20-9-5-6-10-21(20)27-2)15-22(26)24-19-8-4-3-7-18(19)23/h3-14H,15H2,1-2H3,(H,24,26). The van der Waals surface area contributed by atoms with Crippen LogP contribution in [0, 0.1) is 6.92 Å². The Morgan fingerprint density at radius 1 is 1.04 bits per heavy atom. The van der Waals surface area contributed by atoms with E-state index < -0.39 is 0 Å². The van der Waals surface area contributed by atoms with Gasteiger partial charge in [0.2, 0.25) is 5.91 Å². The van der Waals surface area contributed by atoms with Crippen molar-refractivity contribution in [3.8, 4) is 5.75 Å². The van der Waals surface area contributed by atoms with Crippen molar-refractivity contribution in [1.82, 2.24) is 0 Å². The molecule has 0 fully saturated rings. The fourth-order valence-electron chi connectivity index (χ4n) is 2.61. The number of para-hydroxylation sites is 3. The number of halogens is 1. The summed E-state index contributed by atoms with van der Waals surface area (Å²) >= 11 is 4.97. The van der Waals surface area contributed by atoms with E-state index in [0.717, 1.165) is 26.5 Å². The zero-order valence-corrected chi connectivity index (χ0v) is 18.1. The predicted molar refractivity (Wildman–Crippen MR) is 120 cm³/mol. The summed E-state index contributed by atoms with van der Waals surface area (Å²) in [6.45, 7) is 2.22. The number of hydrogen-bond donors (Lipinski definition) is 1. The van der Waals surface area contributed by atoms with Crippen molar-refractivity contribution in [3.63, 3.8) is 0 Å². The van der Waals surface area contributed by atoms with E-state index in [1.54, 1.807) is 7.11 Å². The Labute approximate surface area is 178 Å². The summed E-state index contributed by atoms with van der Waals surface area (Å²) in [5, 5.41) is 2.96. The summed E-state index contributed by atoms with van der Waals surface area (Å²) in [5.74, 6) is 0.605. The van der Waals surface area contributed by atoms with Gasteiger partial charge in [0.25, 0.3) is 0 Å². The maximum atomic E-state index is 12.8. The third-order valence-corrected chi connectivity index (χ3v) is 5.75. The topological polar surface area (TPSA) is 41.6 Å². The van der Waals surface area contributed by atoms with Crippen LogP contribution in [0.3, 0.4) is 0 Å². The third-order valence-electron chi connectivity index (χ3n) is 4.03. The first kappa shape index (κ1) is 20.3. The SMILES string of the molecule is COc1ccccc1N(CC(=O)Nc1ccccc1Br)Sc1ccc(C)cc1. The second-order valence-electron chi connectivity index (χ2n) is 6.14. The molecular weight excluding hydrogens is 436 g/mol. The van der Waals surface area contributed by atoms with Gasteiger partial charge in [-0.3, -0.25) is 9.10 Å². The monoisotopic (exact) mass is 456 g/mol. The van der Waals surface area contributed by atoms with E-state index in [2.05, 4.69) is 40.3 Å². The Morgan fingerprint density at radius 3 is 2.43 bits per heavy atom. The smallest absolute Gasteiger partial charge is 0.245 e. The van der Waals surface area contributed by atoms with Gasteiger partial charge >= 0.3 is 0 Å². The predicted octanol–water partition coefficient (Wildman–Crippen LogP) is 5.92. The number of hydrogen-bond acceptors (Lipinski definition) is 4. The van der Waals surface area contributed by atoms with Crippen molar-refractivity contribution < 1.29 is 9.53 Å². The minimum absolute atomic E-state index is 0.114. The maximum Gasteiger partial charge on any atom is 0.245 e. The molecule has 0 aliphatic heterocycles. The number of nitrogens with one attached hydrogen (secondary N) is 1. The summed E-state index contributed by atoms with van der Waals surface area (Å²) in [7, 11) is 1.63. The maximum absolute atomic E-state index is 12.8. The Hall–Kier alpha value is -2.44. The highest BCUT2D eigenvalue weighted by atomic mass is 79.9. The molecule has 1 N–H and O–H groups in total. The van der Waals surface area contributed by atoms with Crippen LogP contribution < -0.4 is 14.4 Å². The molecule has 3 rings (SSSR count). The highest BCUT2D eigenvalue weighted by Gasteiger charge is 2.18. The van der Waals surface area contributed by atoms with Crippen LogP contribution in [0.5, 0.6) is 5.75 Å². The Morgan fingerprint density at radius 2 is 1.71 bits per heavy atom. The largest absolute Gasteiger partial charge is 0.495 e. The molecule has 0 saturated carbocycles. The van der Waals surface area contributed by atoms with Gasteiger partial charge in [0.15, 0.2) is 0 Å². The molecule has 0 aromatic heterocycles.